The van der Waals surface area contributed by atoms with Crippen molar-refractivity contribution in [3.63, 3.8) is 0 Å². The highest BCUT2D eigenvalue weighted by Crippen LogP contribution is 2.21. The quantitative estimate of drug-likeness (QED) is 0.598. The number of ketones is 1. The second-order valence-corrected chi connectivity index (χ2v) is 4.19. The van der Waals surface area contributed by atoms with Gasteiger partial charge in [-0.25, -0.2) is 14.6 Å². The number of carbonyl (C=O) groups is 3. The lowest BCUT2D eigenvalue weighted by atomic mass is 10.3. The van der Waals surface area contributed by atoms with Crippen LogP contribution in [0.4, 0.5) is 0 Å². The Balaban J connectivity index is 3.12. The van der Waals surface area contributed by atoms with E-state index in [0.29, 0.717) is 0 Å². The molecule has 0 aliphatic heterocycles. The van der Waals surface area contributed by atoms with Gasteiger partial charge in [-0.15, -0.1) is 11.3 Å². The van der Waals surface area contributed by atoms with E-state index in [-0.39, 0.29) is 34.6 Å². The Hall–Kier alpha value is -1.76. The second kappa shape index (κ2) is 6.25. The molecule has 0 radical (unpaired) electrons. The molecule has 98 valence electrons. The van der Waals surface area contributed by atoms with E-state index in [1.807, 2.05) is 0 Å². The third-order valence-corrected chi connectivity index (χ3v) is 3.00. The van der Waals surface area contributed by atoms with Gasteiger partial charge >= 0.3 is 11.9 Å². The fourth-order valence-corrected chi connectivity index (χ4v) is 2.02. The van der Waals surface area contributed by atoms with Gasteiger partial charge in [0.2, 0.25) is 5.01 Å². The maximum absolute atomic E-state index is 11.6. The lowest BCUT2D eigenvalue weighted by Crippen LogP contribution is -2.10. The average molecular weight is 271 g/mol. The maximum Gasteiger partial charge on any atom is 0.367 e. The maximum atomic E-state index is 11.6. The number of hydrogen-bond donors (Lipinski definition) is 0. The van der Waals surface area contributed by atoms with Crippen LogP contribution >= 0.6 is 11.3 Å². The molecule has 6 nitrogen and oxygen atoms in total. The molecule has 7 heteroatoms. The first-order chi connectivity index (χ1) is 8.51. The number of ether oxygens (including phenoxy) is 2. The molecule has 0 unspecified atom stereocenters. The molecule has 0 atom stereocenters. The summed E-state index contributed by atoms with van der Waals surface area (Å²) >= 11 is 0.834. The summed E-state index contributed by atoms with van der Waals surface area (Å²) in [5, 5.41) is -0.0231. The highest BCUT2D eigenvalue weighted by Gasteiger charge is 2.25. The van der Waals surface area contributed by atoms with E-state index in [2.05, 4.69) is 4.98 Å². The van der Waals surface area contributed by atoms with Crippen molar-refractivity contribution in [1.82, 2.24) is 4.98 Å². The van der Waals surface area contributed by atoms with Crippen LogP contribution < -0.4 is 0 Å². The molecule has 0 N–H and O–H groups in total. The first-order valence-electron chi connectivity index (χ1n) is 5.37. The molecular weight excluding hydrogens is 258 g/mol. The van der Waals surface area contributed by atoms with E-state index in [9.17, 15) is 14.4 Å². The smallest absolute Gasteiger partial charge is 0.367 e. The molecule has 0 bridgehead atoms. The van der Waals surface area contributed by atoms with E-state index in [1.165, 1.54) is 6.92 Å². The van der Waals surface area contributed by atoms with Gasteiger partial charge in [-0.1, -0.05) is 0 Å². The topological polar surface area (TPSA) is 82.6 Å². The van der Waals surface area contributed by atoms with Crippen molar-refractivity contribution >= 4 is 29.1 Å². The summed E-state index contributed by atoms with van der Waals surface area (Å²) in [6.07, 6.45) is 0. The first kappa shape index (κ1) is 14.3. The summed E-state index contributed by atoms with van der Waals surface area (Å²) in [7, 11) is 0. The molecule has 0 spiro atoms. The lowest BCUT2D eigenvalue weighted by Gasteiger charge is -1.98. The monoisotopic (exact) mass is 271 g/mol. The zero-order valence-corrected chi connectivity index (χ0v) is 11.1. The van der Waals surface area contributed by atoms with Gasteiger partial charge in [0.1, 0.15) is 4.88 Å². The molecule has 0 fully saturated rings. The van der Waals surface area contributed by atoms with Crippen LogP contribution in [0, 0.1) is 0 Å². The van der Waals surface area contributed by atoms with Crippen LogP contribution in [-0.4, -0.2) is 35.9 Å². The Bertz CT molecular complexity index is 480. The number of thiazole rings is 1. The predicted molar refractivity (Wildman–Crippen MR) is 64.0 cm³/mol. The molecule has 1 aromatic heterocycles. The van der Waals surface area contributed by atoms with Gasteiger partial charge in [0.05, 0.1) is 13.2 Å². The number of hydrogen-bond acceptors (Lipinski definition) is 7. The molecule has 1 heterocycles. The van der Waals surface area contributed by atoms with Crippen LogP contribution in [0.1, 0.15) is 50.7 Å². The summed E-state index contributed by atoms with van der Waals surface area (Å²) in [6, 6.07) is 0. The molecule has 1 aromatic rings. The Morgan fingerprint density at radius 2 is 1.67 bits per heavy atom. The largest absolute Gasteiger partial charge is 0.461 e. The molecule has 0 amide bonds. The highest BCUT2D eigenvalue weighted by molar-refractivity contribution is 7.15. The molecule has 0 saturated carbocycles. The normalized spacial score (nSPS) is 9.94. The standard InChI is InChI=1S/C11H13NO5S/c1-4-16-10(14)7-8(6(3)13)18-9(12-7)11(15)17-5-2/h4-5H2,1-3H3. The van der Waals surface area contributed by atoms with Crippen molar-refractivity contribution in [1.29, 1.82) is 0 Å². The third kappa shape index (κ3) is 3.13. The van der Waals surface area contributed by atoms with E-state index in [1.54, 1.807) is 13.8 Å². The number of nitrogens with zero attached hydrogens (tertiary/aromatic N) is 1. The van der Waals surface area contributed by atoms with Gasteiger partial charge in [0.25, 0.3) is 0 Å². The van der Waals surface area contributed by atoms with Gasteiger partial charge in [0, 0.05) is 6.92 Å². The number of aromatic nitrogens is 1. The molecular formula is C11H13NO5S. The molecule has 0 saturated heterocycles. The second-order valence-electron chi connectivity index (χ2n) is 3.19. The van der Waals surface area contributed by atoms with Crippen LogP contribution in [-0.2, 0) is 9.47 Å². The lowest BCUT2D eigenvalue weighted by molar-refractivity contribution is 0.0514. The fraction of sp³-hybridized carbons (Fsp3) is 0.455. The number of rotatable bonds is 5. The summed E-state index contributed by atoms with van der Waals surface area (Å²) < 4.78 is 9.53. The Morgan fingerprint density at radius 3 is 2.17 bits per heavy atom. The predicted octanol–water partition coefficient (Wildman–Crippen LogP) is 1.70. The van der Waals surface area contributed by atoms with Crippen LogP contribution in [0.2, 0.25) is 0 Å². The van der Waals surface area contributed by atoms with Crippen molar-refractivity contribution in [3.05, 3.63) is 15.6 Å². The summed E-state index contributed by atoms with van der Waals surface area (Å²) in [5.41, 5.74) is -0.127. The van der Waals surface area contributed by atoms with Crippen molar-refractivity contribution in [3.8, 4) is 0 Å². The summed E-state index contributed by atoms with van der Waals surface area (Å²) in [4.78, 5) is 38.4. The van der Waals surface area contributed by atoms with Crippen LogP contribution in [0.15, 0.2) is 0 Å². The Morgan fingerprint density at radius 1 is 1.11 bits per heavy atom. The third-order valence-electron chi connectivity index (χ3n) is 1.87. The van der Waals surface area contributed by atoms with Crippen LogP contribution in [0.5, 0.6) is 0 Å². The number of Topliss-reactive ketones (excluding diaryl/α,β-unsaturated/α-hetero) is 1. The van der Waals surface area contributed by atoms with Crippen molar-refractivity contribution in [2.45, 2.75) is 20.8 Å². The fourth-order valence-electron chi connectivity index (χ4n) is 1.18. The van der Waals surface area contributed by atoms with Crippen LogP contribution in [0.25, 0.3) is 0 Å². The average Bonchev–Trinajstić information content (AvgIpc) is 2.74. The van der Waals surface area contributed by atoms with Crippen molar-refractivity contribution < 1.29 is 23.9 Å². The molecule has 0 aliphatic rings. The SMILES string of the molecule is CCOC(=O)c1nc(C(=O)OCC)c(C(C)=O)s1. The zero-order chi connectivity index (χ0) is 13.7. The van der Waals surface area contributed by atoms with Crippen molar-refractivity contribution in [2.75, 3.05) is 13.2 Å². The number of esters is 2. The van der Waals surface area contributed by atoms with Crippen LogP contribution in [0.3, 0.4) is 0 Å². The summed E-state index contributed by atoms with van der Waals surface area (Å²) in [6.45, 7) is 4.96. The van der Waals surface area contributed by atoms with E-state index in [4.69, 9.17) is 9.47 Å². The van der Waals surface area contributed by atoms with Gasteiger partial charge in [-0.3, -0.25) is 4.79 Å². The Kier molecular flexibility index (Phi) is 4.96. The minimum atomic E-state index is -0.713. The molecule has 1 rings (SSSR count). The highest BCUT2D eigenvalue weighted by atomic mass is 32.1. The van der Waals surface area contributed by atoms with E-state index in [0.717, 1.165) is 11.3 Å². The van der Waals surface area contributed by atoms with Gasteiger partial charge in [0.15, 0.2) is 11.5 Å². The van der Waals surface area contributed by atoms with Crippen molar-refractivity contribution in [2.24, 2.45) is 0 Å². The van der Waals surface area contributed by atoms with Gasteiger partial charge in [-0.2, -0.15) is 0 Å². The van der Waals surface area contributed by atoms with Gasteiger partial charge in [-0.05, 0) is 13.8 Å². The Labute approximate surface area is 108 Å². The van der Waals surface area contributed by atoms with Gasteiger partial charge < -0.3 is 9.47 Å². The minimum absolute atomic E-state index is 0.0231. The van der Waals surface area contributed by atoms with E-state index < -0.39 is 11.9 Å². The molecule has 0 aromatic carbocycles. The minimum Gasteiger partial charge on any atom is -0.461 e. The molecule has 0 aliphatic carbocycles. The number of carbonyl (C=O) groups excluding carboxylic acids is 3. The summed E-state index contributed by atoms with van der Waals surface area (Å²) in [5.74, 6) is -1.71. The first-order valence-corrected chi connectivity index (χ1v) is 6.18. The van der Waals surface area contributed by atoms with E-state index >= 15 is 0 Å². The molecule has 18 heavy (non-hydrogen) atoms. The zero-order valence-electron chi connectivity index (χ0n) is 10.3.